The van der Waals surface area contributed by atoms with Crippen LogP contribution in [0, 0.1) is 6.92 Å². The standard InChI is InChI=1S/C14H16ClN3O/c1-3-12-17-13(15)9(2)14(18-12)16-8-10-4-6-11(19)7-5-10/h4-7,19H,3,8H2,1-2H3,(H,16,17,18). The van der Waals surface area contributed by atoms with Crippen molar-refractivity contribution in [2.24, 2.45) is 0 Å². The van der Waals surface area contributed by atoms with E-state index in [0.717, 1.165) is 29.2 Å². The van der Waals surface area contributed by atoms with Gasteiger partial charge in [0.2, 0.25) is 0 Å². The highest BCUT2D eigenvalue weighted by Gasteiger charge is 2.08. The number of benzene rings is 1. The molecule has 2 aromatic rings. The Bertz CT molecular complexity index is 570. The van der Waals surface area contributed by atoms with Crippen molar-refractivity contribution in [2.45, 2.75) is 26.8 Å². The van der Waals surface area contributed by atoms with Crippen molar-refractivity contribution >= 4 is 17.4 Å². The first kappa shape index (κ1) is 13.6. The lowest BCUT2D eigenvalue weighted by Gasteiger charge is -2.11. The predicted octanol–water partition coefficient (Wildman–Crippen LogP) is 3.32. The molecule has 0 bridgehead atoms. The fourth-order valence-corrected chi connectivity index (χ4v) is 1.85. The number of hydrogen-bond acceptors (Lipinski definition) is 4. The minimum absolute atomic E-state index is 0.262. The van der Waals surface area contributed by atoms with Gasteiger partial charge in [0.05, 0.1) is 0 Å². The molecule has 0 spiro atoms. The molecule has 0 unspecified atom stereocenters. The Morgan fingerprint density at radius 1 is 1.21 bits per heavy atom. The van der Waals surface area contributed by atoms with E-state index in [4.69, 9.17) is 11.6 Å². The zero-order valence-electron chi connectivity index (χ0n) is 10.9. The van der Waals surface area contributed by atoms with Crippen LogP contribution in [0.4, 0.5) is 5.82 Å². The van der Waals surface area contributed by atoms with Gasteiger partial charge in [0.1, 0.15) is 22.5 Å². The first-order valence-electron chi connectivity index (χ1n) is 6.15. The van der Waals surface area contributed by atoms with Gasteiger partial charge >= 0.3 is 0 Å². The molecule has 0 saturated carbocycles. The number of phenols is 1. The number of phenolic OH excluding ortho intramolecular Hbond substituents is 1. The lowest BCUT2D eigenvalue weighted by Crippen LogP contribution is -2.07. The molecular weight excluding hydrogens is 262 g/mol. The smallest absolute Gasteiger partial charge is 0.137 e. The first-order valence-corrected chi connectivity index (χ1v) is 6.52. The average Bonchev–Trinajstić information content (AvgIpc) is 2.42. The Morgan fingerprint density at radius 3 is 2.53 bits per heavy atom. The van der Waals surface area contributed by atoms with Gasteiger partial charge in [-0.1, -0.05) is 30.7 Å². The molecule has 1 aromatic carbocycles. The highest BCUT2D eigenvalue weighted by molar-refractivity contribution is 6.30. The number of aromatic hydroxyl groups is 1. The summed E-state index contributed by atoms with van der Waals surface area (Å²) >= 11 is 6.08. The summed E-state index contributed by atoms with van der Waals surface area (Å²) in [5.41, 5.74) is 1.91. The maximum Gasteiger partial charge on any atom is 0.137 e. The third-order valence-electron chi connectivity index (χ3n) is 2.85. The van der Waals surface area contributed by atoms with Crippen LogP contribution in [-0.2, 0) is 13.0 Å². The lowest BCUT2D eigenvalue weighted by atomic mass is 10.2. The van der Waals surface area contributed by atoms with Gasteiger partial charge < -0.3 is 10.4 Å². The molecule has 0 amide bonds. The van der Waals surface area contributed by atoms with Crippen molar-refractivity contribution in [1.29, 1.82) is 0 Å². The van der Waals surface area contributed by atoms with E-state index in [9.17, 15) is 5.11 Å². The molecular formula is C14H16ClN3O. The summed E-state index contributed by atoms with van der Waals surface area (Å²) in [7, 11) is 0. The number of aromatic nitrogens is 2. The van der Waals surface area contributed by atoms with E-state index in [-0.39, 0.29) is 5.75 Å². The summed E-state index contributed by atoms with van der Waals surface area (Å²) in [6, 6.07) is 7.05. The summed E-state index contributed by atoms with van der Waals surface area (Å²) in [4.78, 5) is 8.63. The van der Waals surface area contributed by atoms with Crippen LogP contribution in [0.2, 0.25) is 5.15 Å². The van der Waals surface area contributed by atoms with E-state index >= 15 is 0 Å². The largest absolute Gasteiger partial charge is 0.508 e. The van der Waals surface area contributed by atoms with Gasteiger partial charge in [0, 0.05) is 18.5 Å². The molecule has 0 atom stereocenters. The van der Waals surface area contributed by atoms with Gasteiger partial charge in [-0.3, -0.25) is 0 Å². The Balaban J connectivity index is 2.14. The number of aryl methyl sites for hydroxylation is 1. The second-order valence-electron chi connectivity index (χ2n) is 4.28. The van der Waals surface area contributed by atoms with Crippen LogP contribution in [0.15, 0.2) is 24.3 Å². The maximum atomic E-state index is 9.23. The Labute approximate surface area is 117 Å². The highest BCUT2D eigenvalue weighted by Crippen LogP contribution is 2.21. The van der Waals surface area contributed by atoms with Gasteiger partial charge in [0.15, 0.2) is 0 Å². The number of nitrogens with one attached hydrogen (secondary N) is 1. The topological polar surface area (TPSA) is 58.0 Å². The van der Waals surface area contributed by atoms with Crippen LogP contribution in [0.3, 0.4) is 0 Å². The second-order valence-corrected chi connectivity index (χ2v) is 4.64. The van der Waals surface area contributed by atoms with Crippen molar-refractivity contribution in [3.05, 3.63) is 46.4 Å². The van der Waals surface area contributed by atoms with Crippen molar-refractivity contribution in [1.82, 2.24) is 9.97 Å². The molecule has 1 aromatic heterocycles. The zero-order valence-corrected chi connectivity index (χ0v) is 11.7. The van der Waals surface area contributed by atoms with E-state index in [2.05, 4.69) is 15.3 Å². The van der Waals surface area contributed by atoms with Crippen LogP contribution in [-0.4, -0.2) is 15.1 Å². The molecule has 0 aliphatic carbocycles. The molecule has 4 nitrogen and oxygen atoms in total. The predicted molar refractivity (Wildman–Crippen MR) is 76.6 cm³/mol. The Kier molecular flexibility index (Phi) is 4.22. The van der Waals surface area contributed by atoms with Gasteiger partial charge in [-0.2, -0.15) is 0 Å². The van der Waals surface area contributed by atoms with Crippen LogP contribution >= 0.6 is 11.6 Å². The molecule has 5 heteroatoms. The van der Waals surface area contributed by atoms with E-state index < -0.39 is 0 Å². The summed E-state index contributed by atoms with van der Waals surface area (Å²) in [5.74, 6) is 1.74. The second kappa shape index (κ2) is 5.89. The van der Waals surface area contributed by atoms with Gasteiger partial charge in [0.25, 0.3) is 0 Å². The normalized spacial score (nSPS) is 10.5. The molecule has 0 aliphatic rings. The molecule has 0 aliphatic heterocycles. The number of hydrogen-bond donors (Lipinski definition) is 2. The number of nitrogens with zero attached hydrogens (tertiary/aromatic N) is 2. The van der Waals surface area contributed by atoms with E-state index in [1.807, 2.05) is 26.0 Å². The van der Waals surface area contributed by atoms with Crippen LogP contribution in [0.1, 0.15) is 23.9 Å². The summed E-state index contributed by atoms with van der Waals surface area (Å²) in [5, 5.41) is 13.0. The first-order chi connectivity index (χ1) is 9.10. The van der Waals surface area contributed by atoms with Crippen LogP contribution in [0.25, 0.3) is 0 Å². The van der Waals surface area contributed by atoms with Crippen LogP contribution in [0.5, 0.6) is 5.75 Å². The molecule has 19 heavy (non-hydrogen) atoms. The third kappa shape index (κ3) is 3.35. The van der Waals surface area contributed by atoms with Gasteiger partial charge in [-0.25, -0.2) is 9.97 Å². The number of rotatable bonds is 4. The molecule has 1 heterocycles. The zero-order chi connectivity index (χ0) is 13.8. The quantitative estimate of drug-likeness (QED) is 0.842. The van der Waals surface area contributed by atoms with Crippen molar-refractivity contribution in [3.8, 4) is 5.75 Å². The van der Waals surface area contributed by atoms with E-state index in [1.165, 1.54) is 0 Å². The summed E-state index contributed by atoms with van der Waals surface area (Å²) in [6.45, 7) is 4.50. The van der Waals surface area contributed by atoms with Crippen molar-refractivity contribution in [3.63, 3.8) is 0 Å². The molecule has 0 radical (unpaired) electrons. The minimum atomic E-state index is 0.262. The summed E-state index contributed by atoms with van der Waals surface area (Å²) < 4.78 is 0. The van der Waals surface area contributed by atoms with Gasteiger partial charge in [-0.05, 0) is 24.6 Å². The fourth-order valence-electron chi connectivity index (χ4n) is 1.66. The SMILES string of the molecule is CCc1nc(Cl)c(C)c(NCc2ccc(O)cc2)n1. The monoisotopic (exact) mass is 277 g/mol. The minimum Gasteiger partial charge on any atom is -0.508 e. The number of anilines is 1. The summed E-state index contributed by atoms with van der Waals surface area (Å²) in [6.07, 6.45) is 0.744. The highest BCUT2D eigenvalue weighted by atomic mass is 35.5. The van der Waals surface area contributed by atoms with Crippen molar-refractivity contribution < 1.29 is 5.11 Å². The third-order valence-corrected chi connectivity index (χ3v) is 3.21. The van der Waals surface area contributed by atoms with Gasteiger partial charge in [-0.15, -0.1) is 0 Å². The Morgan fingerprint density at radius 2 is 1.89 bits per heavy atom. The van der Waals surface area contributed by atoms with Crippen LogP contribution < -0.4 is 5.32 Å². The molecule has 100 valence electrons. The van der Waals surface area contributed by atoms with E-state index in [0.29, 0.717) is 11.7 Å². The Hall–Kier alpha value is -1.81. The molecule has 2 N–H and O–H groups in total. The van der Waals surface area contributed by atoms with E-state index in [1.54, 1.807) is 12.1 Å². The number of halogens is 1. The average molecular weight is 278 g/mol. The lowest BCUT2D eigenvalue weighted by molar-refractivity contribution is 0.475. The molecule has 0 saturated heterocycles. The van der Waals surface area contributed by atoms with Crippen molar-refractivity contribution in [2.75, 3.05) is 5.32 Å². The maximum absolute atomic E-state index is 9.23. The molecule has 0 fully saturated rings. The molecule has 2 rings (SSSR count). The fraction of sp³-hybridized carbons (Fsp3) is 0.286.